The molecule has 20 heavy (non-hydrogen) atoms. The van der Waals surface area contributed by atoms with Gasteiger partial charge in [-0.2, -0.15) is 9.64 Å². The summed E-state index contributed by atoms with van der Waals surface area (Å²) < 4.78 is 9.72. The minimum Gasteiger partial charge on any atom is -0.495 e. The fraction of sp³-hybridized carbons (Fsp3) is 0.0833. The molecule has 3 rings (SSSR count). The number of methoxy groups -OCH3 is 1. The zero-order chi connectivity index (χ0) is 14.1. The number of ether oxygens (including phenoxy) is 1. The van der Waals surface area contributed by atoms with Crippen LogP contribution in [0.1, 0.15) is 5.56 Å². The summed E-state index contributed by atoms with van der Waals surface area (Å²) in [5, 5.41) is 18.8. The lowest BCUT2D eigenvalue weighted by Gasteiger charge is -2.04. The number of nitrogens with one attached hydrogen (secondary N) is 1. The first-order valence-corrected chi connectivity index (χ1v) is 6.31. The molecule has 0 aliphatic heterocycles. The van der Waals surface area contributed by atoms with Gasteiger partial charge in [-0.05, 0) is 29.7 Å². The fourth-order valence-electron chi connectivity index (χ4n) is 1.83. The van der Waals surface area contributed by atoms with Crippen LogP contribution in [0.4, 0.5) is 0 Å². The van der Waals surface area contributed by atoms with E-state index in [1.165, 1.54) is 7.11 Å². The minimum atomic E-state index is -0.326. The normalized spacial score (nSPS) is 10.4. The smallest absolute Gasteiger partial charge is 0.286 e. The maximum Gasteiger partial charge on any atom is 0.286 e. The summed E-state index contributed by atoms with van der Waals surface area (Å²) in [6.07, 6.45) is 0. The zero-order valence-corrected chi connectivity index (χ0v) is 11.1. The van der Waals surface area contributed by atoms with E-state index < -0.39 is 0 Å². The van der Waals surface area contributed by atoms with E-state index in [-0.39, 0.29) is 5.56 Å². The molecule has 0 aliphatic rings. The van der Waals surface area contributed by atoms with Crippen molar-refractivity contribution in [1.82, 2.24) is 19.8 Å². The quantitative estimate of drug-likeness (QED) is 0.761. The molecule has 0 saturated carbocycles. The SMILES string of the molecule is COc1ccc(-c2nsc3c(=O)[nH]nnc23)cc1C#N. The summed E-state index contributed by atoms with van der Waals surface area (Å²) in [6, 6.07) is 7.15. The molecule has 2 heterocycles. The van der Waals surface area contributed by atoms with Crippen LogP contribution in [0, 0.1) is 11.3 Å². The van der Waals surface area contributed by atoms with Crippen molar-refractivity contribution in [2.75, 3.05) is 7.11 Å². The number of hydrogen-bond acceptors (Lipinski definition) is 7. The molecule has 8 heteroatoms. The Bertz CT molecular complexity index is 893. The van der Waals surface area contributed by atoms with Gasteiger partial charge in [0.25, 0.3) is 5.56 Å². The van der Waals surface area contributed by atoms with E-state index >= 15 is 0 Å². The number of fused-ring (bicyclic) bond motifs is 1. The van der Waals surface area contributed by atoms with Crippen LogP contribution in [0.2, 0.25) is 0 Å². The summed E-state index contributed by atoms with van der Waals surface area (Å²) in [5.41, 5.74) is 1.71. The summed E-state index contributed by atoms with van der Waals surface area (Å²) in [4.78, 5) is 11.6. The van der Waals surface area contributed by atoms with Crippen molar-refractivity contribution in [3.05, 3.63) is 34.1 Å². The first kappa shape index (κ1) is 12.3. The third-order valence-corrected chi connectivity index (χ3v) is 3.60. The third-order valence-electron chi connectivity index (χ3n) is 2.77. The average molecular weight is 285 g/mol. The van der Waals surface area contributed by atoms with Gasteiger partial charge in [0, 0.05) is 5.56 Å². The van der Waals surface area contributed by atoms with Crippen molar-refractivity contribution in [1.29, 1.82) is 5.26 Å². The molecule has 0 unspecified atom stereocenters. The molecule has 0 aliphatic carbocycles. The topological polar surface area (TPSA) is 105 Å². The van der Waals surface area contributed by atoms with Crippen LogP contribution in [0.3, 0.4) is 0 Å². The van der Waals surface area contributed by atoms with Crippen LogP contribution >= 0.6 is 11.5 Å². The molecule has 0 fully saturated rings. The number of hydrogen-bond donors (Lipinski definition) is 1. The van der Waals surface area contributed by atoms with E-state index in [9.17, 15) is 4.79 Å². The number of nitrogens with zero attached hydrogens (tertiary/aromatic N) is 4. The Hall–Kier alpha value is -2.79. The van der Waals surface area contributed by atoms with Crippen molar-refractivity contribution in [2.24, 2.45) is 0 Å². The van der Waals surface area contributed by atoms with E-state index in [1.807, 2.05) is 0 Å². The first-order chi connectivity index (χ1) is 9.74. The Kier molecular flexibility index (Phi) is 2.89. The highest BCUT2D eigenvalue weighted by molar-refractivity contribution is 7.13. The first-order valence-electron chi connectivity index (χ1n) is 5.54. The van der Waals surface area contributed by atoms with Crippen molar-refractivity contribution >= 4 is 21.7 Å². The number of aromatic amines is 1. The van der Waals surface area contributed by atoms with Gasteiger partial charge >= 0.3 is 0 Å². The Morgan fingerprint density at radius 2 is 2.30 bits per heavy atom. The van der Waals surface area contributed by atoms with E-state index in [0.717, 1.165) is 11.5 Å². The molecule has 3 aromatic rings. The number of aromatic nitrogens is 4. The lowest BCUT2D eigenvalue weighted by Crippen LogP contribution is -2.07. The van der Waals surface area contributed by atoms with E-state index in [4.69, 9.17) is 10.00 Å². The summed E-state index contributed by atoms with van der Waals surface area (Å²) >= 11 is 1.05. The average Bonchev–Trinajstić information content (AvgIpc) is 2.92. The summed E-state index contributed by atoms with van der Waals surface area (Å²) in [7, 11) is 1.50. The number of benzene rings is 1. The van der Waals surface area contributed by atoms with Gasteiger partial charge in [-0.3, -0.25) is 4.79 Å². The summed E-state index contributed by atoms with van der Waals surface area (Å²) in [5.74, 6) is 0.486. The van der Waals surface area contributed by atoms with Crippen molar-refractivity contribution in [2.45, 2.75) is 0 Å². The molecule has 2 aromatic heterocycles. The van der Waals surface area contributed by atoms with Gasteiger partial charge in [0.05, 0.1) is 12.7 Å². The Morgan fingerprint density at radius 3 is 3.05 bits per heavy atom. The standard InChI is InChI=1S/C12H7N5O2S/c1-19-8-3-2-6(4-7(8)5-13)9-10-11(20-16-9)12(18)15-17-14-10/h2-4H,1H3,(H,14,15,18). The monoisotopic (exact) mass is 285 g/mol. The molecular weight excluding hydrogens is 278 g/mol. The molecule has 1 N–H and O–H groups in total. The van der Waals surface area contributed by atoms with E-state index in [0.29, 0.717) is 32.8 Å². The molecule has 1 aromatic carbocycles. The van der Waals surface area contributed by atoms with Crippen LogP contribution in [0.5, 0.6) is 5.75 Å². The highest BCUT2D eigenvalue weighted by Gasteiger charge is 2.14. The van der Waals surface area contributed by atoms with Crippen molar-refractivity contribution in [3.63, 3.8) is 0 Å². The molecule has 0 atom stereocenters. The number of H-pyrrole nitrogens is 1. The van der Waals surface area contributed by atoms with Gasteiger partial charge in [-0.1, -0.05) is 5.21 Å². The van der Waals surface area contributed by atoms with Crippen LogP contribution < -0.4 is 10.3 Å². The lowest BCUT2D eigenvalue weighted by atomic mass is 10.1. The minimum absolute atomic E-state index is 0.326. The second kappa shape index (κ2) is 4.71. The summed E-state index contributed by atoms with van der Waals surface area (Å²) in [6.45, 7) is 0. The van der Waals surface area contributed by atoms with Gasteiger partial charge in [-0.25, -0.2) is 5.10 Å². The second-order valence-electron chi connectivity index (χ2n) is 3.88. The van der Waals surface area contributed by atoms with Gasteiger partial charge in [0.1, 0.15) is 27.7 Å². The Balaban J connectivity index is 2.24. The molecule has 0 spiro atoms. The van der Waals surface area contributed by atoms with Gasteiger partial charge in [-0.15, -0.1) is 5.10 Å². The maximum atomic E-state index is 11.6. The third kappa shape index (κ3) is 1.81. The molecule has 7 nitrogen and oxygen atoms in total. The molecule has 98 valence electrons. The molecule has 0 bridgehead atoms. The molecular formula is C12H7N5O2S. The molecule has 0 saturated heterocycles. The Labute approximate surface area is 116 Å². The van der Waals surface area contributed by atoms with Crippen LogP contribution in [-0.2, 0) is 0 Å². The number of rotatable bonds is 2. The second-order valence-corrected chi connectivity index (χ2v) is 4.65. The lowest BCUT2D eigenvalue weighted by molar-refractivity contribution is 0.413. The van der Waals surface area contributed by atoms with Crippen LogP contribution in [0.25, 0.3) is 21.5 Å². The highest BCUT2D eigenvalue weighted by atomic mass is 32.1. The van der Waals surface area contributed by atoms with Gasteiger partial charge < -0.3 is 4.74 Å². The van der Waals surface area contributed by atoms with E-state index in [1.54, 1.807) is 18.2 Å². The predicted molar refractivity (Wildman–Crippen MR) is 72.5 cm³/mol. The van der Waals surface area contributed by atoms with Crippen molar-refractivity contribution in [3.8, 4) is 23.1 Å². The maximum absolute atomic E-state index is 11.6. The van der Waals surface area contributed by atoms with Crippen molar-refractivity contribution < 1.29 is 4.74 Å². The zero-order valence-electron chi connectivity index (χ0n) is 10.2. The fourth-order valence-corrected chi connectivity index (χ4v) is 2.56. The molecule has 0 amide bonds. The largest absolute Gasteiger partial charge is 0.495 e. The highest BCUT2D eigenvalue weighted by Crippen LogP contribution is 2.30. The predicted octanol–water partition coefficient (Wildman–Crippen LogP) is 1.32. The van der Waals surface area contributed by atoms with Gasteiger partial charge in [0.15, 0.2) is 0 Å². The van der Waals surface area contributed by atoms with Gasteiger partial charge in [0.2, 0.25) is 0 Å². The number of nitriles is 1. The molecule has 0 radical (unpaired) electrons. The van der Waals surface area contributed by atoms with Crippen LogP contribution in [-0.4, -0.2) is 26.9 Å². The van der Waals surface area contributed by atoms with E-state index in [2.05, 4.69) is 25.9 Å². The van der Waals surface area contributed by atoms with Crippen LogP contribution in [0.15, 0.2) is 23.0 Å². The Morgan fingerprint density at radius 1 is 1.45 bits per heavy atom.